The molecule has 0 amide bonds. The van der Waals surface area contributed by atoms with Crippen LogP contribution in [0.3, 0.4) is 0 Å². The number of nitrogens with one attached hydrogen (secondary N) is 1. The summed E-state index contributed by atoms with van der Waals surface area (Å²) < 4.78 is 38.8. The molecule has 0 fully saturated rings. The number of fused-ring (bicyclic) bond motifs is 1. The van der Waals surface area contributed by atoms with E-state index < -0.39 is 22.0 Å². The van der Waals surface area contributed by atoms with Gasteiger partial charge in [0.25, 0.3) is 0 Å². The standard InChI is InChI=1S/C20H20ClNO5S/c1-4-26-20(23)19-12(2)17-11-16(9-10-18(17)27-19)28(24,25)22-13(3)14-5-7-15(21)8-6-14/h5-11,13,22H,4H2,1-3H3. The van der Waals surface area contributed by atoms with E-state index in [2.05, 4.69) is 4.72 Å². The second-order valence-corrected chi connectivity index (χ2v) is 8.48. The largest absolute Gasteiger partial charge is 0.460 e. The Labute approximate surface area is 168 Å². The molecular weight excluding hydrogens is 402 g/mol. The number of ether oxygens (including phenoxy) is 1. The zero-order valence-electron chi connectivity index (χ0n) is 15.7. The molecule has 0 bridgehead atoms. The highest BCUT2D eigenvalue weighted by molar-refractivity contribution is 7.89. The fourth-order valence-electron chi connectivity index (χ4n) is 2.88. The Balaban J connectivity index is 1.92. The van der Waals surface area contributed by atoms with Crippen LogP contribution < -0.4 is 4.72 Å². The van der Waals surface area contributed by atoms with Crippen LogP contribution in [0.4, 0.5) is 0 Å². The zero-order chi connectivity index (χ0) is 20.5. The van der Waals surface area contributed by atoms with Gasteiger partial charge < -0.3 is 9.15 Å². The molecule has 0 spiro atoms. The first-order valence-electron chi connectivity index (χ1n) is 8.71. The summed E-state index contributed by atoms with van der Waals surface area (Å²) in [5.41, 5.74) is 1.75. The number of hydrogen-bond donors (Lipinski definition) is 1. The summed E-state index contributed by atoms with van der Waals surface area (Å²) in [7, 11) is -3.79. The van der Waals surface area contributed by atoms with Crippen molar-refractivity contribution in [2.24, 2.45) is 0 Å². The first-order chi connectivity index (χ1) is 13.2. The summed E-state index contributed by atoms with van der Waals surface area (Å²) >= 11 is 5.88. The molecule has 2 aromatic carbocycles. The van der Waals surface area contributed by atoms with Gasteiger partial charge >= 0.3 is 5.97 Å². The van der Waals surface area contributed by atoms with Crippen LogP contribution in [0, 0.1) is 6.92 Å². The molecule has 3 rings (SSSR count). The molecule has 148 valence electrons. The maximum atomic E-state index is 12.8. The fraction of sp³-hybridized carbons (Fsp3) is 0.250. The molecule has 0 aliphatic heterocycles. The van der Waals surface area contributed by atoms with E-state index in [9.17, 15) is 13.2 Å². The number of carbonyl (C=O) groups is 1. The van der Waals surface area contributed by atoms with E-state index in [1.807, 2.05) is 0 Å². The van der Waals surface area contributed by atoms with Crippen molar-refractivity contribution < 1.29 is 22.4 Å². The van der Waals surface area contributed by atoms with Gasteiger partial charge in [-0.2, -0.15) is 0 Å². The van der Waals surface area contributed by atoms with E-state index in [1.165, 1.54) is 18.2 Å². The summed E-state index contributed by atoms with van der Waals surface area (Å²) in [6, 6.07) is 11.0. The molecular formula is C20H20ClNO5S. The predicted octanol–water partition coefficient (Wildman–Crippen LogP) is 4.61. The molecule has 1 atom stereocenters. The Morgan fingerprint density at radius 3 is 2.54 bits per heavy atom. The van der Waals surface area contributed by atoms with Crippen LogP contribution in [0.25, 0.3) is 11.0 Å². The summed E-state index contributed by atoms with van der Waals surface area (Å²) in [5.74, 6) is -0.496. The minimum absolute atomic E-state index is 0.0777. The molecule has 6 nitrogen and oxygen atoms in total. The van der Waals surface area contributed by atoms with Crippen molar-refractivity contribution in [3.05, 3.63) is 64.4 Å². The van der Waals surface area contributed by atoms with E-state index in [0.29, 0.717) is 21.6 Å². The molecule has 28 heavy (non-hydrogen) atoms. The minimum atomic E-state index is -3.79. The van der Waals surface area contributed by atoms with Gasteiger partial charge in [-0.25, -0.2) is 17.9 Å². The summed E-state index contributed by atoms with van der Waals surface area (Å²) in [6.45, 7) is 5.37. The first kappa shape index (κ1) is 20.4. The summed E-state index contributed by atoms with van der Waals surface area (Å²) in [5, 5.41) is 1.13. The van der Waals surface area contributed by atoms with Crippen LogP contribution >= 0.6 is 11.6 Å². The normalized spacial score (nSPS) is 12.9. The number of carbonyl (C=O) groups excluding carboxylic acids is 1. The van der Waals surface area contributed by atoms with Gasteiger partial charge in [-0.3, -0.25) is 0 Å². The van der Waals surface area contributed by atoms with Gasteiger partial charge in [-0.05, 0) is 56.7 Å². The average Bonchev–Trinajstić information content (AvgIpc) is 2.98. The third-order valence-corrected chi connectivity index (χ3v) is 6.17. The monoisotopic (exact) mass is 421 g/mol. The van der Waals surface area contributed by atoms with Crippen molar-refractivity contribution in [3.8, 4) is 0 Å². The number of esters is 1. The number of benzene rings is 2. The third-order valence-electron chi connectivity index (χ3n) is 4.38. The quantitative estimate of drug-likeness (QED) is 0.587. The summed E-state index contributed by atoms with van der Waals surface area (Å²) in [6.07, 6.45) is 0. The van der Waals surface area contributed by atoms with E-state index in [-0.39, 0.29) is 17.3 Å². The Hall–Kier alpha value is -2.35. The average molecular weight is 422 g/mol. The third kappa shape index (κ3) is 4.06. The highest BCUT2D eigenvalue weighted by atomic mass is 35.5. The lowest BCUT2D eigenvalue weighted by Gasteiger charge is -2.15. The van der Waals surface area contributed by atoms with Gasteiger partial charge in [0.1, 0.15) is 5.58 Å². The molecule has 1 aromatic heterocycles. The Kier molecular flexibility index (Phi) is 5.79. The van der Waals surface area contributed by atoms with E-state index in [4.69, 9.17) is 20.8 Å². The van der Waals surface area contributed by atoms with Gasteiger partial charge in [0, 0.05) is 22.0 Å². The molecule has 1 heterocycles. The zero-order valence-corrected chi connectivity index (χ0v) is 17.2. The molecule has 0 saturated carbocycles. The molecule has 1 N–H and O–H groups in total. The lowest BCUT2D eigenvalue weighted by atomic mass is 10.1. The van der Waals surface area contributed by atoms with Crippen molar-refractivity contribution in [3.63, 3.8) is 0 Å². The Bertz CT molecular complexity index is 1120. The molecule has 8 heteroatoms. The van der Waals surface area contributed by atoms with Crippen LogP contribution in [-0.4, -0.2) is 21.0 Å². The molecule has 0 aliphatic carbocycles. The summed E-state index contributed by atoms with van der Waals surface area (Å²) in [4.78, 5) is 12.1. The van der Waals surface area contributed by atoms with Crippen molar-refractivity contribution in [2.75, 3.05) is 6.61 Å². The van der Waals surface area contributed by atoms with Crippen LogP contribution in [0.1, 0.15) is 41.6 Å². The topological polar surface area (TPSA) is 85.6 Å². The fourth-order valence-corrected chi connectivity index (χ4v) is 4.26. The maximum Gasteiger partial charge on any atom is 0.374 e. The van der Waals surface area contributed by atoms with Gasteiger partial charge in [0.05, 0.1) is 11.5 Å². The van der Waals surface area contributed by atoms with Gasteiger partial charge in [0.15, 0.2) is 0 Å². The maximum absolute atomic E-state index is 12.8. The molecule has 0 saturated heterocycles. The minimum Gasteiger partial charge on any atom is -0.460 e. The number of halogens is 1. The van der Waals surface area contributed by atoms with Gasteiger partial charge in [-0.1, -0.05) is 23.7 Å². The first-order valence-corrected chi connectivity index (χ1v) is 10.6. The second-order valence-electron chi connectivity index (χ2n) is 6.33. The van der Waals surface area contributed by atoms with Crippen molar-refractivity contribution in [2.45, 2.75) is 31.7 Å². The highest BCUT2D eigenvalue weighted by Gasteiger charge is 2.23. The second kappa shape index (κ2) is 7.95. The van der Waals surface area contributed by atoms with Crippen molar-refractivity contribution >= 4 is 38.6 Å². The van der Waals surface area contributed by atoms with Crippen molar-refractivity contribution in [1.29, 1.82) is 0 Å². The van der Waals surface area contributed by atoms with E-state index >= 15 is 0 Å². The molecule has 0 radical (unpaired) electrons. The van der Waals surface area contributed by atoms with E-state index in [1.54, 1.807) is 45.0 Å². The number of hydrogen-bond acceptors (Lipinski definition) is 5. The van der Waals surface area contributed by atoms with Crippen LogP contribution in [-0.2, 0) is 14.8 Å². The molecule has 3 aromatic rings. The lowest BCUT2D eigenvalue weighted by Crippen LogP contribution is -2.26. The number of aryl methyl sites for hydroxylation is 1. The smallest absolute Gasteiger partial charge is 0.374 e. The highest BCUT2D eigenvalue weighted by Crippen LogP contribution is 2.29. The van der Waals surface area contributed by atoms with Crippen molar-refractivity contribution in [1.82, 2.24) is 4.72 Å². The van der Waals surface area contributed by atoms with Crippen LogP contribution in [0.5, 0.6) is 0 Å². The number of sulfonamides is 1. The van der Waals surface area contributed by atoms with Gasteiger partial charge in [-0.15, -0.1) is 0 Å². The molecule has 1 unspecified atom stereocenters. The van der Waals surface area contributed by atoms with Crippen LogP contribution in [0.2, 0.25) is 5.02 Å². The number of rotatable bonds is 6. The SMILES string of the molecule is CCOC(=O)c1oc2ccc(S(=O)(=O)NC(C)c3ccc(Cl)cc3)cc2c1C. The van der Waals surface area contributed by atoms with Gasteiger partial charge in [0.2, 0.25) is 15.8 Å². The number of furan rings is 1. The Morgan fingerprint density at radius 2 is 1.89 bits per heavy atom. The predicted molar refractivity (Wildman–Crippen MR) is 107 cm³/mol. The lowest BCUT2D eigenvalue weighted by molar-refractivity contribution is 0.0491. The van der Waals surface area contributed by atoms with E-state index in [0.717, 1.165) is 5.56 Å². The Morgan fingerprint density at radius 1 is 1.21 bits per heavy atom. The molecule has 0 aliphatic rings. The van der Waals surface area contributed by atoms with Crippen LogP contribution in [0.15, 0.2) is 51.8 Å².